The summed E-state index contributed by atoms with van der Waals surface area (Å²) in [6.45, 7) is 3.67. The molecule has 0 saturated carbocycles. The fraction of sp³-hybridized carbons (Fsp3) is 0.758. The van der Waals surface area contributed by atoms with Crippen LogP contribution in [0.4, 0.5) is 0 Å². The van der Waals surface area contributed by atoms with Gasteiger partial charge in [0.05, 0.1) is 25.4 Å². The van der Waals surface area contributed by atoms with Gasteiger partial charge in [-0.25, -0.2) is 0 Å². The number of hydrogen-bond acceptors (Lipinski definition) is 8. The molecule has 7 unspecified atom stereocenters. The molecule has 0 bridgehead atoms. The van der Waals surface area contributed by atoms with Gasteiger partial charge in [-0.3, -0.25) is 4.79 Å². The van der Waals surface area contributed by atoms with E-state index in [1.165, 1.54) is 135 Å². The van der Waals surface area contributed by atoms with Gasteiger partial charge in [-0.15, -0.1) is 0 Å². The Morgan fingerprint density at radius 3 is 1.30 bits per heavy atom. The summed E-state index contributed by atoms with van der Waals surface area (Å²) in [5.74, 6) is -0.187. The second kappa shape index (κ2) is 50.9. The zero-order valence-electron chi connectivity index (χ0n) is 45.5. The number of carbonyl (C=O) groups is 1. The third-order valence-corrected chi connectivity index (χ3v) is 13.5. The Morgan fingerprint density at radius 2 is 0.873 bits per heavy atom. The van der Waals surface area contributed by atoms with Gasteiger partial charge < -0.3 is 40.3 Å². The summed E-state index contributed by atoms with van der Waals surface area (Å²) in [6.07, 6.45) is 64.9. The summed E-state index contributed by atoms with van der Waals surface area (Å²) >= 11 is 0. The number of aliphatic hydroxyl groups excluding tert-OH is 5. The smallest absolute Gasteiger partial charge is 0.220 e. The number of amides is 1. The highest BCUT2D eigenvalue weighted by Gasteiger charge is 2.44. The summed E-state index contributed by atoms with van der Waals surface area (Å²) in [5.41, 5.74) is 0. The largest absolute Gasteiger partial charge is 0.394 e. The van der Waals surface area contributed by atoms with Crippen molar-refractivity contribution >= 4 is 5.91 Å². The van der Waals surface area contributed by atoms with E-state index in [2.05, 4.69) is 92.1 Å². The molecule has 410 valence electrons. The van der Waals surface area contributed by atoms with E-state index < -0.39 is 49.5 Å². The van der Waals surface area contributed by atoms with Crippen LogP contribution in [-0.4, -0.2) is 87.5 Å². The summed E-state index contributed by atoms with van der Waals surface area (Å²) in [6, 6.07) is -0.816. The predicted octanol–water partition coefficient (Wildman–Crippen LogP) is 14.6. The number of ether oxygens (including phenoxy) is 2. The van der Waals surface area contributed by atoms with Crippen LogP contribution in [0, 0.1) is 0 Å². The van der Waals surface area contributed by atoms with Crippen molar-refractivity contribution in [3.63, 3.8) is 0 Å². The first-order valence-corrected chi connectivity index (χ1v) is 29.3. The minimum Gasteiger partial charge on any atom is -0.394 e. The number of aliphatic hydroxyl groups is 5. The van der Waals surface area contributed by atoms with Gasteiger partial charge >= 0.3 is 0 Å². The lowest BCUT2D eigenvalue weighted by molar-refractivity contribution is -0.302. The van der Waals surface area contributed by atoms with E-state index in [4.69, 9.17) is 9.47 Å². The number of carbonyl (C=O) groups excluding carboxylic acids is 1. The molecule has 0 aromatic heterocycles. The molecule has 0 aromatic carbocycles. The lowest BCUT2D eigenvalue weighted by Gasteiger charge is -2.40. The minimum absolute atomic E-state index is 0.187. The van der Waals surface area contributed by atoms with Crippen LogP contribution in [0.3, 0.4) is 0 Å². The first kappa shape index (κ1) is 66.4. The van der Waals surface area contributed by atoms with E-state index >= 15 is 0 Å². The molecular formula is C62H109NO8. The van der Waals surface area contributed by atoms with Gasteiger partial charge in [0.15, 0.2) is 6.29 Å². The normalized spacial score (nSPS) is 19.9. The summed E-state index contributed by atoms with van der Waals surface area (Å²) < 4.78 is 11.3. The second-order valence-corrected chi connectivity index (χ2v) is 20.1. The van der Waals surface area contributed by atoms with Crippen molar-refractivity contribution in [3.8, 4) is 0 Å². The van der Waals surface area contributed by atoms with Crippen molar-refractivity contribution in [2.45, 2.75) is 288 Å². The van der Waals surface area contributed by atoms with Gasteiger partial charge in [-0.05, 0) is 70.6 Å². The van der Waals surface area contributed by atoms with Crippen molar-refractivity contribution < 1.29 is 39.8 Å². The third kappa shape index (κ3) is 40.4. The summed E-state index contributed by atoms with van der Waals surface area (Å²) in [7, 11) is 0. The van der Waals surface area contributed by atoms with E-state index in [0.29, 0.717) is 6.42 Å². The molecule has 1 fully saturated rings. The lowest BCUT2D eigenvalue weighted by Crippen LogP contribution is -2.60. The maximum absolute atomic E-state index is 13.1. The number of unbranched alkanes of at least 4 members (excludes halogenated alkanes) is 27. The molecule has 0 spiro atoms. The Balaban J connectivity index is 2.25. The predicted molar refractivity (Wildman–Crippen MR) is 299 cm³/mol. The Labute approximate surface area is 435 Å². The Morgan fingerprint density at radius 1 is 0.493 bits per heavy atom. The molecule has 1 rings (SSSR count). The zero-order valence-corrected chi connectivity index (χ0v) is 45.5. The average Bonchev–Trinajstić information content (AvgIpc) is 3.37. The minimum atomic E-state index is -1.57. The van der Waals surface area contributed by atoms with Crippen LogP contribution >= 0.6 is 0 Å². The SMILES string of the molecule is CC/C=C\C/C=C\C/C=C\C/C=C\C/C=C\C/C=C\CCCCCCCCCCC(=O)NC(COC1OC(CO)C(O)C(O)C1O)C(O)/C=C/CCCCCCCCCCCCCCCCCCCCC. The van der Waals surface area contributed by atoms with Gasteiger partial charge in [-0.1, -0.05) is 253 Å². The molecule has 0 radical (unpaired) electrons. The van der Waals surface area contributed by atoms with Crippen molar-refractivity contribution in [3.05, 3.63) is 85.1 Å². The van der Waals surface area contributed by atoms with Crippen LogP contribution in [0.2, 0.25) is 0 Å². The highest BCUT2D eigenvalue weighted by molar-refractivity contribution is 5.76. The molecule has 1 saturated heterocycles. The summed E-state index contributed by atoms with van der Waals surface area (Å²) in [5, 5.41) is 54.6. The maximum Gasteiger partial charge on any atom is 0.220 e. The lowest BCUT2D eigenvalue weighted by atomic mass is 9.99. The Hall–Kier alpha value is -2.63. The molecule has 1 heterocycles. The zero-order chi connectivity index (χ0) is 51.5. The molecule has 1 aliphatic rings. The van der Waals surface area contributed by atoms with Crippen LogP contribution in [0.1, 0.15) is 245 Å². The third-order valence-electron chi connectivity index (χ3n) is 13.5. The number of allylic oxidation sites excluding steroid dienone is 13. The van der Waals surface area contributed by atoms with Crippen molar-refractivity contribution in [1.82, 2.24) is 5.32 Å². The fourth-order valence-electron chi connectivity index (χ4n) is 8.87. The quantitative estimate of drug-likeness (QED) is 0.0261. The van der Waals surface area contributed by atoms with Crippen molar-refractivity contribution in [1.29, 1.82) is 0 Å². The molecule has 6 N–H and O–H groups in total. The van der Waals surface area contributed by atoms with Crippen LogP contribution in [0.25, 0.3) is 0 Å². The highest BCUT2D eigenvalue weighted by Crippen LogP contribution is 2.23. The van der Waals surface area contributed by atoms with Gasteiger partial charge in [0.2, 0.25) is 5.91 Å². The van der Waals surface area contributed by atoms with Gasteiger partial charge in [0.25, 0.3) is 0 Å². The molecule has 7 atom stereocenters. The van der Waals surface area contributed by atoms with E-state index in [1.807, 2.05) is 6.08 Å². The second-order valence-electron chi connectivity index (χ2n) is 20.1. The Kier molecular flexibility index (Phi) is 47.6. The number of nitrogens with one attached hydrogen (secondary N) is 1. The summed E-state index contributed by atoms with van der Waals surface area (Å²) in [4.78, 5) is 13.1. The standard InChI is InChI=1S/C62H109NO8/c1-3-5-7-9-11-13-15-17-19-21-23-25-26-27-28-29-30-32-34-36-38-40-42-44-46-48-50-52-58(66)63-55(54-70-62-61(69)60(68)59(67)57(53-64)71-62)56(65)51-49-47-45-43-41-39-37-35-33-31-24-22-20-18-16-14-12-10-8-6-4-2/h5,7,11,13,17,19,23,25,27-28,30,32,49,51,55-57,59-62,64-65,67-69H,3-4,6,8-10,12,14-16,18,20-22,24,26,29,31,33-48,50,52-54H2,1-2H3,(H,63,66)/b7-5-,13-11-,19-17-,25-23-,28-27-,32-30-,51-49+. The molecule has 1 aliphatic heterocycles. The van der Waals surface area contributed by atoms with Crippen molar-refractivity contribution in [2.75, 3.05) is 13.2 Å². The number of rotatable bonds is 49. The van der Waals surface area contributed by atoms with Gasteiger partial charge in [0, 0.05) is 6.42 Å². The molecule has 71 heavy (non-hydrogen) atoms. The fourth-order valence-corrected chi connectivity index (χ4v) is 8.87. The highest BCUT2D eigenvalue weighted by atomic mass is 16.7. The van der Waals surface area contributed by atoms with E-state index in [9.17, 15) is 30.3 Å². The molecule has 1 amide bonds. The molecular weight excluding hydrogens is 887 g/mol. The average molecular weight is 997 g/mol. The van der Waals surface area contributed by atoms with Gasteiger partial charge in [-0.2, -0.15) is 0 Å². The van der Waals surface area contributed by atoms with Crippen molar-refractivity contribution in [2.24, 2.45) is 0 Å². The topological polar surface area (TPSA) is 149 Å². The number of hydrogen-bond donors (Lipinski definition) is 6. The molecule has 9 nitrogen and oxygen atoms in total. The monoisotopic (exact) mass is 996 g/mol. The molecule has 9 heteroatoms. The first-order chi connectivity index (χ1) is 34.8. The van der Waals surface area contributed by atoms with Gasteiger partial charge in [0.1, 0.15) is 24.4 Å². The van der Waals surface area contributed by atoms with E-state index in [0.717, 1.165) is 89.9 Å². The maximum atomic E-state index is 13.1. The van der Waals surface area contributed by atoms with Crippen LogP contribution < -0.4 is 5.32 Å². The van der Waals surface area contributed by atoms with Crippen LogP contribution in [-0.2, 0) is 14.3 Å². The molecule has 0 aromatic rings. The van der Waals surface area contributed by atoms with Crippen LogP contribution in [0.5, 0.6) is 0 Å². The Bertz CT molecular complexity index is 1390. The van der Waals surface area contributed by atoms with E-state index in [-0.39, 0.29) is 12.5 Å². The first-order valence-electron chi connectivity index (χ1n) is 29.3. The molecule has 0 aliphatic carbocycles. The van der Waals surface area contributed by atoms with Crippen LogP contribution in [0.15, 0.2) is 85.1 Å². The van der Waals surface area contributed by atoms with E-state index in [1.54, 1.807) is 6.08 Å².